The summed E-state index contributed by atoms with van der Waals surface area (Å²) in [6.07, 6.45) is 1.68. The van der Waals surface area contributed by atoms with Gasteiger partial charge < -0.3 is 4.74 Å². The number of fused-ring (bicyclic) bond motifs is 1. The highest BCUT2D eigenvalue weighted by Crippen LogP contribution is 2.37. The highest BCUT2D eigenvalue weighted by atomic mass is 16.5. The fourth-order valence-corrected chi connectivity index (χ4v) is 4.04. The Bertz CT molecular complexity index is 1360. The second-order valence-corrected chi connectivity index (χ2v) is 7.95. The van der Waals surface area contributed by atoms with E-state index in [-0.39, 0.29) is 24.4 Å². The maximum Gasteiger partial charge on any atom is 0.335 e. The number of methoxy groups -OCH3 is 1. The number of urea groups is 1. The van der Waals surface area contributed by atoms with Gasteiger partial charge in [0.1, 0.15) is 5.75 Å². The minimum absolute atomic E-state index is 0.203. The molecule has 4 aromatic rings. The number of para-hydroxylation sites is 2. The number of carbonyl (C=O) groups excluding carboxylic acids is 2. The van der Waals surface area contributed by atoms with Crippen molar-refractivity contribution in [2.75, 3.05) is 21.8 Å². The van der Waals surface area contributed by atoms with Crippen molar-refractivity contribution in [3.05, 3.63) is 96.7 Å². The molecule has 0 N–H and O–H groups in total. The third-order valence-corrected chi connectivity index (χ3v) is 5.72. The van der Waals surface area contributed by atoms with Crippen molar-refractivity contribution in [2.24, 2.45) is 0 Å². The number of carbonyl (C=O) groups is 2. The van der Waals surface area contributed by atoms with Crippen molar-refractivity contribution in [3.63, 3.8) is 0 Å². The number of hydrogen-bond donors (Lipinski definition) is 0. The molecule has 2 heterocycles. The Labute approximate surface area is 203 Å². The summed E-state index contributed by atoms with van der Waals surface area (Å²) >= 11 is 0. The quantitative estimate of drug-likeness (QED) is 0.392. The number of rotatable bonds is 5. The van der Waals surface area contributed by atoms with E-state index >= 15 is 0 Å². The second-order valence-electron chi connectivity index (χ2n) is 7.95. The van der Waals surface area contributed by atoms with Crippen molar-refractivity contribution >= 4 is 40.8 Å². The molecule has 8 nitrogen and oxygen atoms in total. The van der Waals surface area contributed by atoms with Crippen LogP contribution in [0.4, 0.5) is 33.6 Å². The molecule has 0 unspecified atom stereocenters. The minimum Gasteiger partial charge on any atom is -0.497 e. The zero-order valence-corrected chi connectivity index (χ0v) is 19.3. The Morgan fingerprint density at radius 2 is 1.57 bits per heavy atom. The first-order chi connectivity index (χ1) is 17.1. The maximum absolute atomic E-state index is 13.8. The summed E-state index contributed by atoms with van der Waals surface area (Å²) in [4.78, 5) is 40.3. The summed E-state index contributed by atoms with van der Waals surface area (Å²) in [5.41, 5.74) is 2.79. The van der Waals surface area contributed by atoms with Crippen LogP contribution in [0.5, 0.6) is 5.75 Å². The minimum atomic E-state index is -0.257. The number of amides is 3. The molecule has 0 spiro atoms. The zero-order valence-electron chi connectivity index (χ0n) is 19.3. The van der Waals surface area contributed by atoms with Gasteiger partial charge in [-0.3, -0.25) is 9.69 Å². The van der Waals surface area contributed by atoms with E-state index in [0.717, 1.165) is 11.3 Å². The Balaban J connectivity index is 1.62. The summed E-state index contributed by atoms with van der Waals surface area (Å²) in [5.74, 6) is 1.12. The molecule has 3 amide bonds. The van der Waals surface area contributed by atoms with Gasteiger partial charge in [-0.25, -0.2) is 19.6 Å². The van der Waals surface area contributed by atoms with E-state index in [2.05, 4.69) is 4.98 Å². The molecule has 0 bridgehead atoms. The van der Waals surface area contributed by atoms with Crippen molar-refractivity contribution < 1.29 is 14.3 Å². The highest BCUT2D eigenvalue weighted by molar-refractivity contribution is 6.10. The van der Waals surface area contributed by atoms with E-state index in [4.69, 9.17) is 9.72 Å². The van der Waals surface area contributed by atoms with Crippen LogP contribution >= 0.6 is 0 Å². The normalized spacial score (nSPS) is 12.8. The Kier molecular flexibility index (Phi) is 5.85. The average molecular weight is 466 g/mol. The molecule has 8 heteroatoms. The number of hydrogen-bond acceptors (Lipinski definition) is 5. The van der Waals surface area contributed by atoms with E-state index in [1.807, 2.05) is 84.9 Å². The van der Waals surface area contributed by atoms with E-state index in [1.54, 1.807) is 23.1 Å². The van der Waals surface area contributed by atoms with Gasteiger partial charge in [0.25, 0.3) is 0 Å². The number of nitrogens with zero attached hydrogens (tertiary/aromatic N) is 5. The van der Waals surface area contributed by atoms with Crippen LogP contribution in [0, 0.1) is 0 Å². The topological polar surface area (TPSA) is 78.9 Å². The largest absolute Gasteiger partial charge is 0.497 e. The van der Waals surface area contributed by atoms with Crippen molar-refractivity contribution in [1.82, 2.24) is 9.97 Å². The summed E-state index contributed by atoms with van der Waals surface area (Å²) in [6.45, 7) is 1.75. The molecule has 0 saturated carbocycles. The highest BCUT2D eigenvalue weighted by Gasteiger charge is 2.35. The molecule has 3 aromatic carbocycles. The fourth-order valence-electron chi connectivity index (χ4n) is 4.04. The lowest BCUT2D eigenvalue weighted by molar-refractivity contribution is -0.115. The van der Waals surface area contributed by atoms with E-state index in [9.17, 15) is 9.59 Å². The van der Waals surface area contributed by atoms with Crippen LogP contribution in [0.1, 0.15) is 12.5 Å². The van der Waals surface area contributed by atoms with Crippen molar-refractivity contribution in [1.29, 1.82) is 0 Å². The Morgan fingerprint density at radius 3 is 2.20 bits per heavy atom. The van der Waals surface area contributed by atoms with Crippen LogP contribution in [-0.4, -0.2) is 29.0 Å². The number of benzene rings is 3. The monoisotopic (exact) mass is 465 g/mol. The molecule has 1 aromatic heterocycles. The zero-order chi connectivity index (χ0) is 24.4. The number of anilines is 5. The van der Waals surface area contributed by atoms with Gasteiger partial charge in [0, 0.05) is 24.4 Å². The molecular formula is C27H23N5O3. The molecule has 1 aliphatic heterocycles. The molecule has 0 fully saturated rings. The van der Waals surface area contributed by atoms with Crippen LogP contribution < -0.4 is 19.4 Å². The first-order valence-corrected chi connectivity index (χ1v) is 11.1. The molecule has 5 rings (SSSR count). The predicted molar refractivity (Wildman–Crippen MR) is 134 cm³/mol. The second kappa shape index (κ2) is 9.26. The molecule has 0 saturated heterocycles. The molecule has 0 atom stereocenters. The van der Waals surface area contributed by atoms with Crippen LogP contribution in [-0.2, 0) is 11.3 Å². The molecule has 174 valence electrons. The smallest absolute Gasteiger partial charge is 0.335 e. The van der Waals surface area contributed by atoms with Gasteiger partial charge >= 0.3 is 6.03 Å². The van der Waals surface area contributed by atoms with Crippen LogP contribution in [0.15, 0.2) is 91.1 Å². The van der Waals surface area contributed by atoms with Gasteiger partial charge in [-0.15, -0.1) is 0 Å². The van der Waals surface area contributed by atoms with Gasteiger partial charge in [-0.2, -0.15) is 4.98 Å². The number of aromatic nitrogens is 2. The number of ether oxygens (including phenoxy) is 1. The van der Waals surface area contributed by atoms with E-state index in [1.165, 1.54) is 11.8 Å². The molecule has 0 aliphatic carbocycles. The lowest BCUT2D eigenvalue weighted by Gasteiger charge is -2.36. The third-order valence-electron chi connectivity index (χ3n) is 5.72. The van der Waals surface area contributed by atoms with Crippen molar-refractivity contribution in [2.45, 2.75) is 13.5 Å². The van der Waals surface area contributed by atoms with Gasteiger partial charge in [-0.05, 0) is 48.5 Å². The lowest BCUT2D eigenvalue weighted by atomic mass is 10.1. The maximum atomic E-state index is 13.8. The van der Waals surface area contributed by atoms with E-state index in [0.29, 0.717) is 22.9 Å². The Morgan fingerprint density at radius 1 is 0.914 bits per heavy atom. The molecular weight excluding hydrogens is 442 g/mol. The lowest BCUT2D eigenvalue weighted by Crippen LogP contribution is -2.45. The van der Waals surface area contributed by atoms with Gasteiger partial charge in [0.15, 0.2) is 5.82 Å². The van der Waals surface area contributed by atoms with Crippen molar-refractivity contribution in [3.8, 4) is 5.75 Å². The van der Waals surface area contributed by atoms with Gasteiger partial charge in [0.2, 0.25) is 11.9 Å². The summed E-state index contributed by atoms with van der Waals surface area (Å²) in [6, 6.07) is 25.6. The van der Waals surface area contributed by atoms with Crippen LogP contribution in [0.25, 0.3) is 0 Å². The van der Waals surface area contributed by atoms with Gasteiger partial charge in [0.05, 0.1) is 25.0 Å². The fraction of sp³-hybridized carbons (Fsp3) is 0.111. The molecule has 0 radical (unpaired) electrons. The third kappa shape index (κ3) is 4.17. The van der Waals surface area contributed by atoms with Crippen LogP contribution in [0.3, 0.4) is 0 Å². The summed E-state index contributed by atoms with van der Waals surface area (Å²) in [5, 5.41) is 0. The SMILES string of the molecule is COc1ccc(N2Cc3cnc(N(C(C)=O)c4ccccc4)nc3N(c3ccccc3)C2=O)cc1. The molecule has 35 heavy (non-hydrogen) atoms. The molecule has 1 aliphatic rings. The summed E-state index contributed by atoms with van der Waals surface area (Å²) < 4.78 is 5.26. The van der Waals surface area contributed by atoms with Gasteiger partial charge in [-0.1, -0.05) is 36.4 Å². The first-order valence-electron chi connectivity index (χ1n) is 11.1. The summed E-state index contributed by atoms with van der Waals surface area (Å²) in [7, 11) is 1.60. The first kappa shape index (κ1) is 22.1. The Hall–Kier alpha value is -4.72. The van der Waals surface area contributed by atoms with Crippen LogP contribution in [0.2, 0.25) is 0 Å². The standard InChI is InChI=1S/C27H23N5O3/c1-19(33)31(22-9-5-3-6-10-22)26-28-17-20-18-30(21-13-15-24(35-2)16-14-21)27(34)32(25(20)29-26)23-11-7-4-8-12-23/h3-17H,18H2,1-2H3. The average Bonchev–Trinajstić information content (AvgIpc) is 2.89. The predicted octanol–water partition coefficient (Wildman–Crippen LogP) is 5.45. The van der Waals surface area contributed by atoms with E-state index < -0.39 is 0 Å².